The average molecular weight is 424 g/mol. The number of rotatable bonds is 7. The van der Waals surface area contributed by atoms with Gasteiger partial charge in [0.2, 0.25) is 15.9 Å². The van der Waals surface area contributed by atoms with Crippen LogP contribution < -0.4 is 11.1 Å². The number of aryl methyl sites for hydroxylation is 1. The lowest BCUT2D eigenvalue weighted by atomic mass is 9.94. The van der Waals surface area contributed by atoms with Crippen LogP contribution in [0.2, 0.25) is 0 Å². The minimum Gasteiger partial charge on any atom is -0.408 e. The lowest BCUT2D eigenvalue weighted by Crippen LogP contribution is -2.40. The van der Waals surface area contributed by atoms with Gasteiger partial charge in [0.1, 0.15) is 0 Å². The highest BCUT2D eigenvalue weighted by Gasteiger charge is 2.30. The van der Waals surface area contributed by atoms with Crippen LogP contribution in [0.25, 0.3) is 11.1 Å². The lowest BCUT2D eigenvalue weighted by molar-refractivity contribution is -0.122. The molecule has 0 saturated carbocycles. The molecule has 0 unspecified atom stereocenters. The summed E-state index contributed by atoms with van der Waals surface area (Å²) in [4.78, 5) is 24.1. The van der Waals surface area contributed by atoms with Crippen molar-refractivity contribution in [3.05, 3.63) is 28.7 Å². The Bertz CT molecular complexity index is 1030. The first-order chi connectivity index (χ1) is 13.7. The van der Waals surface area contributed by atoms with E-state index in [-0.39, 0.29) is 28.3 Å². The summed E-state index contributed by atoms with van der Waals surface area (Å²) in [5, 5.41) is 2.88. The molecule has 1 aromatic heterocycles. The van der Waals surface area contributed by atoms with Gasteiger partial charge in [-0.2, -0.15) is 4.31 Å². The highest BCUT2D eigenvalue weighted by atomic mass is 32.2. The van der Waals surface area contributed by atoms with Crippen LogP contribution in [0.3, 0.4) is 0 Å². The number of nitrogens with one attached hydrogen (secondary N) is 1. The van der Waals surface area contributed by atoms with E-state index in [0.29, 0.717) is 44.4 Å². The van der Waals surface area contributed by atoms with Crippen LogP contribution in [-0.2, 0) is 21.4 Å². The molecule has 8 nitrogen and oxygen atoms in total. The van der Waals surface area contributed by atoms with Crippen LogP contribution >= 0.6 is 0 Å². The molecule has 0 atom stereocenters. The number of aromatic nitrogens is 1. The predicted molar refractivity (Wildman–Crippen MR) is 110 cm³/mol. The standard InChI is InChI=1S/C20H29N3O5S/c1-4-9-23-17-6-5-16(13-18(17)28-20(23)25)29(26,27)22-10-7-15(8-11-22)12-19(24)21-14(2)3/h5-6,13-15H,4,7-12H2,1-3H3,(H,21,24). The van der Waals surface area contributed by atoms with E-state index < -0.39 is 15.8 Å². The van der Waals surface area contributed by atoms with Gasteiger partial charge in [0.15, 0.2) is 5.58 Å². The lowest BCUT2D eigenvalue weighted by Gasteiger charge is -2.31. The van der Waals surface area contributed by atoms with Crippen LogP contribution in [0.15, 0.2) is 32.3 Å². The Morgan fingerprint density at radius 1 is 1.28 bits per heavy atom. The summed E-state index contributed by atoms with van der Waals surface area (Å²) in [6.07, 6.45) is 2.50. The quantitative estimate of drug-likeness (QED) is 0.736. The first-order valence-electron chi connectivity index (χ1n) is 10.1. The summed E-state index contributed by atoms with van der Waals surface area (Å²) in [7, 11) is -3.68. The zero-order chi connectivity index (χ0) is 21.2. The van der Waals surface area contributed by atoms with Crippen LogP contribution in [0.1, 0.15) is 46.5 Å². The molecular weight excluding hydrogens is 394 g/mol. The Labute approximate surface area is 170 Å². The van der Waals surface area contributed by atoms with Crippen molar-refractivity contribution in [2.24, 2.45) is 5.92 Å². The van der Waals surface area contributed by atoms with Gasteiger partial charge in [-0.1, -0.05) is 6.92 Å². The van der Waals surface area contributed by atoms with Gasteiger partial charge >= 0.3 is 5.76 Å². The summed E-state index contributed by atoms with van der Waals surface area (Å²) < 4.78 is 34.3. The molecule has 1 amide bonds. The van der Waals surface area contributed by atoms with Crippen LogP contribution in [0, 0.1) is 5.92 Å². The normalized spacial score (nSPS) is 16.6. The Hall–Kier alpha value is -2.13. The van der Waals surface area contributed by atoms with Crippen molar-refractivity contribution in [1.82, 2.24) is 14.2 Å². The molecule has 160 valence electrons. The second-order valence-electron chi connectivity index (χ2n) is 7.92. The van der Waals surface area contributed by atoms with E-state index in [9.17, 15) is 18.0 Å². The SMILES string of the molecule is CCCn1c(=O)oc2cc(S(=O)(=O)N3CCC(CC(=O)NC(C)C)CC3)ccc21. The Balaban J connectivity index is 1.71. The van der Waals surface area contributed by atoms with E-state index in [1.807, 2.05) is 20.8 Å². The monoisotopic (exact) mass is 423 g/mol. The topological polar surface area (TPSA) is 102 Å². The summed E-state index contributed by atoms with van der Waals surface area (Å²) in [5.41, 5.74) is 0.885. The van der Waals surface area contributed by atoms with E-state index in [1.54, 1.807) is 6.07 Å². The molecule has 0 bridgehead atoms. The maximum Gasteiger partial charge on any atom is 0.419 e. The van der Waals surface area contributed by atoms with Crippen LogP contribution in [0.5, 0.6) is 0 Å². The number of carbonyl (C=O) groups excluding carboxylic acids is 1. The van der Waals surface area contributed by atoms with Gasteiger partial charge in [-0.05, 0) is 51.2 Å². The van der Waals surface area contributed by atoms with Crippen molar-refractivity contribution in [3.63, 3.8) is 0 Å². The molecule has 1 aliphatic heterocycles. The second kappa shape index (κ2) is 8.71. The maximum atomic E-state index is 13.0. The van der Waals surface area contributed by atoms with E-state index in [0.717, 1.165) is 6.42 Å². The number of fused-ring (bicyclic) bond motifs is 1. The highest BCUT2D eigenvalue weighted by molar-refractivity contribution is 7.89. The third kappa shape index (κ3) is 4.72. The summed E-state index contributed by atoms with van der Waals surface area (Å²) in [6, 6.07) is 4.69. The van der Waals surface area contributed by atoms with Gasteiger partial charge in [0, 0.05) is 38.2 Å². The van der Waals surface area contributed by atoms with E-state index >= 15 is 0 Å². The highest BCUT2D eigenvalue weighted by Crippen LogP contribution is 2.27. The fraction of sp³-hybridized carbons (Fsp3) is 0.600. The maximum absolute atomic E-state index is 13.0. The van der Waals surface area contributed by atoms with Crippen LogP contribution in [0.4, 0.5) is 0 Å². The summed E-state index contributed by atoms with van der Waals surface area (Å²) in [5.74, 6) is -0.279. The molecule has 0 radical (unpaired) electrons. The number of oxazole rings is 1. The summed E-state index contributed by atoms with van der Waals surface area (Å²) in [6.45, 7) is 7.07. The molecule has 0 aliphatic carbocycles. The third-order valence-electron chi connectivity index (χ3n) is 5.22. The second-order valence-corrected chi connectivity index (χ2v) is 9.86. The van der Waals surface area contributed by atoms with Gasteiger partial charge in [-0.25, -0.2) is 13.2 Å². The zero-order valence-electron chi connectivity index (χ0n) is 17.2. The van der Waals surface area contributed by atoms with E-state index in [4.69, 9.17) is 4.42 Å². The molecule has 0 spiro atoms. The average Bonchev–Trinajstić information content (AvgIpc) is 2.96. The van der Waals surface area contributed by atoms with Crippen LogP contribution in [-0.4, -0.2) is 42.3 Å². The van der Waals surface area contributed by atoms with Gasteiger partial charge in [-0.15, -0.1) is 0 Å². The fourth-order valence-electron chi connectivity index (χ4n) is 3.79. The minimum absolute atomic E-state index is 0.0124. The number of piperidine rings is 1. The number of amides is 1. The van der Waals surface area contributed by atoms with Gasteiger partial charge in [0.25, 0.3) is 0 Å². The van der Waals surface area contributed by atoms with Crippen molar-refractivity contribution in [2.75, 3.05) is 13.1 Å². The Morgan fingerprint density at radius 2 is 1.97 bits per heavy atom. The molecule has 1 aliphatic rings. The predicted octanol–water partition coefficient (Wildman–Crippen LogP) is 2.32. The van der Waals surface area contributed by atoms with Crippen molar-refractivity contribution in [1.29, 1.82) is 0 Å². The minimum atomic E-state index is -3.68. The molecule has 1 saturated heterocycles. The Morgan fingerprint density at radius 3 is 2.59 bits per heavy atom. The number of nitrogens with zero attached hydrogens (tertiary/aromatic N) is 2. The molecule has 9 heteroatoms. The molecule has 2 aromatic rings. The van der Waals surface area contributed by atoms with Gasteiger partial charge in [0.05, 0.1) is 10.4 Å². The fourth-order valence-corrected chi connectivity index (χ4v) is 5.27. The number of sulfonamides is 1. The molecule has 29 heavy (non-hydrogen) atoms. The zero-order valence-corrected chi connectivity index (χ0v) is 18.0. The van der Waals surface area contributed by atoms with Crippen molar-refractivity contribution < 1.29 is 17.6 Å². The van der Waals surface area contributed by atoms with E-state index in [1.165, 1.54) is 21.0 Å². The third-order valence-corrected chi connectivity index (χ3v) is 7.12. The number of carbonyl (C=O) groups is 1. The number of hydrogen-bond donors (Lipinski definition) is 1. The first kappa shape index (κ1) is 21.6. The van der Waals surface area contributed by atoms with Gasteiger partial charge < -0.3 is 9.73 Å². The molecule has 1 fully saturated rings. The molecule has 2 heterocycles. The van der Waals surface area contributed by atoms with E-state index in [2.05, 4.69) is 5.32 Å². The first-order valence-corrected chi connectivity index (χ1v) is 11.6. The van der Waals surface area contributed by atoms with Gasteiger partial charge in [-0.3, -0.25) is 9.36 Å². The van der Waals surface area contributed by atoms with Crippen molar-refractivity contribution in [2.45, 2.75) is 63.9 Å². The molecule has 3 rings (SSSR count). The smallest absolute Gasteiger partial charge is 0.408 e. The number of benzene rings is 1. The molecule has 1 N–H and O–H groups in total. The van der Waals surface area contributed by atoms with Crippen molar-refractivity contribution >= 4 is 27.0 Å². The molecule has 1 aromatic carbocycles. The number of hydrogen-bond acceptors (Lipinski definition) is 5. The summed E-state index contributed by atoms with van der Waals surface area (Å²) >= 11 is 0. The Kier molecular flexibility index (Phi) is 6.48. The molecular formula is C20H29N3O5S. The van der Waals surface area contributed by atoms with Crippen molar-refractivity contribution in [3.8, 4) is 0 Å². The largest absolute Gasteiger partial charge is 0.419 e.